The Bertz CT molecular complexity index is 760. The summed E-state index contributed by atoms with van der Waals surface area (Å²) in [5.41, 5.74) is 4.51. The van der Waals surface area contributed by atoms with Crippen LogP contribution in [0.1, 0.15) is 36.3 Å². The summed E-state index contributed by atoms with van der Waals surface area (Å²) >= 11 is 0. The van der Waals surface area contributed by atoms with Crippen LogP contribution in [0.25, 0.3) is 11.1 Å². The Morgan fingerprint density at radius 3 is 2.32 bits per heavy atom. The molecule has 1 heterocycles. The molecule has 128 valence electrons. The largest absolute Gasteiger partial charge is 0.392 e. The van der Waals surface area contributed by atoms with Gasteiger partial charge in [0.25, 0.3) is 0 Å². The molecule has 2 aromatic rings. The zero-order chi connectivity index (χ0) is 17.2. The number of nitriles is 1. The zero-order valence-electron chi connectivity index (χ0n) is 14.4. The summed E-state index contributed by atoms with van der Waals surface area (Å²) < 4.78 is 0. The van der Waals surface area contributed by atoms with Crippen LogP contribution in [0, 0.1) is 17.2 Å². The zero-order valence-corrected chi connectivity index (χ0v) is 14.4. The molecular formula is C22H24N2O. The van der Waals surface area contributed by atoms with Crippen LogP contribution in [-0.2, 0) is 0 Å². The van der Waals surface area contributed by atoms with Crippen molar-refractivity contribution in [3.05, 3.63) is 59.7 Å². The quantitative estimate of drug-likeness (QED) is 0.906. The van der Waals surface area contributed by atoms with Gasteiger partial charge in [-0.2, -0.15) is 5.26 Å². The smallest absolute Gasteiger partial charge is 0.0991 e. The molecule has 1 aliphatic heterocycles. The molecule has 3 heteroatoms. The van der Waals surface area contributed by atoms with Gasteiger partial charge >= 0.3 is 0 Å². The van der Waals surface area contributed by atoms with Gasteiger partial charge in [-0.15, -0.1) is 0 Å². The van der Waals surface area contributed by atoms with E-state index in [4.69, 9.17) is 5.26 Å². The van der Waals surface area contributed by atoms with E-state index in [2.05, 4.69) is 35.2 Å². The van der Waals surface area contributed by atoms with Crippen LogP contribution >= 0.6 is 0 Å². The normalized spacial score (nSPS) is 25.7. The van der Waals surface area contributed by atoms with E-state index >= 15 is 0 Å². The van der Waals surface area contributed by atoms with E-state index in [0.29, 0.717) is 11.5 Å². The lowest BCUT2D eigenvalue weighted by atomic mass is 10.0. The fourth-order valence-corrected chi connectivity index (χ4v) is 4.00. The van der Waals surface area contributed by atoms with E-state index in [1.807, 2.05) is 24.3 Å². The molecule has 1 aliphatic carbocycles. The lowest BCUT2D eigenvalue weighted by Gasteiger charge is -2.14. The molecule has 1 saturated carbocycles. The summed E-state index contributed by atoms with van der Waals surface area (Å²) in [7, 11) is 0. The third-order valence-corrected chi connectivity index (χ3v) is 5.67. The van der Waals surface area contributed by atoms with E-state index in [0.717, 1.165) is 37.5 Å². The molecule has 2 fully saturated rings. The van der Waals surface area contributed by atoms with E-state index in [1.54, 1.807) is 0 Å². The Balaban J connectivity index is 1.33. The van der Waals surface area contributed by atoms with Crippen molar-refractivity contribution in [2.45, 2.75) is 31.3 Å². The van der Waals surface area contributed by atoms with Crippen LogP contribution < -0.4 is 0 Å². The molecule has 0 unspecified atom stereocenters. The maximum absolute atomic E-state index is 9.60. The Labute approximate surface area is 149 Å². The number of hydrogen-bond acceptors (Lipinski definition) is 3. The SMILES string of the molecule is N#Cc1ccc(-c2ccc([C@H]3C[C@@H]3CCN3CC[C@@H](O)C3)cc2)cc1. The van der Waals surface area contributed by atoms with Crippen molar-refractivity contribution >= 4 is 0 Å². The number of aliphatic hydroxyl groups is 1. The predicted octanol–water partition coefficient (Wildman–Crippen LogP) is 3.79. The van der Waals surface area contributed by atoms with Gasteiger partial charge in [0.1, 0.15) is 0 Å². The maximum Gasteiger partial charge on any atom is 0.0991 e. The Hall–Kier alpha value is -2.15. The van der Waals surface area contributed by atoms with Gasteiger partial charge in [-0.3, -0.25) is 0 Å². The van der Waals surface area contributed by atoms with Gasteiger partial charge in [-0.05, 0) is 66.5 Å². The lowest BCUT2D eigenvalue weighted by Crippen LogP contribution is -2.23. The molecule has 0 amide bonds. The second-order valence-corrected chi connectivity index (χ2v) is 7.45. The molecule has 25 heavy (non-hydrogen) atoms. The standard InChI is InChI=1S/C22H24N2O/c23-14-16-1-3-17(4-2-16)18-5-7-19(8-6-18)22-13-20(22)9-11-24-12-10-21(25)15-24/h1-8,20-22,25H,9-13,15H2/t20-,21+,22+/m0/s1. The minimum Gasteiger partial charge on any atom is -0.392 e. The number of β-amino-alcohol motifs (C(OH)–C–C–N with tert-alkyl or cyclic N) is 1. The second kappa shape index (κ2) is 7.00. The number of hydrogen-bond donors (Lipinski definition) is 1. The minimum atomic E-state index is -0.107. The van der Waals surface area contributed by atoms with E-state index in [9.17, 15) is 5.11 Å². The van der Waals surface area contributed by atoms with Gasteiger partial charge in [-0.1, -0.05) is 36.4 Å². The van der Waals surface area contributed by atoms with Crippen LogP contribution in [0.2, 0.25) is 0 Å². The van der Waals surface area contributed by atoms with Crippen molar-refractivity contribution in [2.75, 3.05) is 19.6 Å². The summed E-state index contributed by atoms with van der Waals surface area (Å²) in [5.74, 6) is 1.51. The number of likely N-dealkylation sites (tertiary alicyclic amines) is 1. The Morgan fingerprint density at radius 2 is 1.72 bits per heavy atom. The average Bonchev–Trinajstić information content (AvgIpc) is 3.32. The Kier molecular flexibility index (Phi) is 4.57. The number of aliphatic hydroxyl groups excluding tert-OH is 1. The highest BCUT2D eigenvalue weighted by atomic mass is 16.3. The first-order valence-corrected chi connectivity index (χ1v) is 9.24. The maximum atomic E-state index is 9.60. The molecule has 4 rings (SSSR count). The molecular weight excluding hydrogens is 308 g/mol. The highest BCUT2D eigenvalue weighted by Gasteiger charge is 2.38. The van der Waals surface area contributed by atoms with Crippen LogP contribution in [0.5, 0.6) is 0 Å². The monoisotopic (exact) mass is 332 g/mol. The second-order valence-electron chi connectivity index (χ2n) is 7.45. The molecule has 3 atom stereocenters. The van der Waals surface area contributed by atoms with Gasteiger partial charge in [0.15, 0.2) is 0 Å². The van der Waals surface area contributed by atoms with Crippen molar-refractivity contribution in [1.82, 2.24) is 4.90 Å². The molecule has 0 aromatic heterocycles. The molecule has 0 bridgehead atoms. The van der Waals surface area contributed by atoms with Gasteiger partial charge < -0.3 is 10.0 Å². The van der Waals surface area contributed by atoms with Crippen molar-refractivity contribution in [2.24, 2.45) is 5.92 Å². The summed E-state index contributed by atoms with van der Waals surface area (Å²) in [4.78, 5) is 2.40. The molecule has 1 N–H and O–H groups in total. The number of nitrogens with zero attached hydrogens (tertiary/aromatic N) is 2. The number of benzene rings is 2. The molecule has 2 aliphatic rings. The Morgan fingerprint density at radius 1 is 1.04 bits per heavy atom. The van der Waals surface area contributed by atoms with Crippen molar-refractivity contribution in [3.63, 3.8) is 0 Å². The van der Waals surface area contributed by atoms with Crippen LogP contribution in [-0.4, -0.2) is 35.7 Å². The van der Waals surface area contributed by atoms with Gasteiger partial charge in [0.2, 0.25) is 0 Å². The summed E-state index contributed by atoms with van der Waals surface area (Å²) in [5, 5.41) is 18.5. The first-order valence-electron chi connectivity index (χ1n) is 9.24. The summed E-state index contributed by atoms with van der Waals surface area (Å²) in [6, 6.07) is 18.8. The van der Waals surface area contributed by atoms with E-state index < -0.39 is 0 Å². The van der Waals surface area contributed by atoms with Crippen molar-refractivity contribution in [3.8, 4) is 17.2 Å². The van der Waals surface area contributed by atoms with E-state index in [1.165, 1.54) is 24.0 Å². The fourth-order valence-electron chi connectivity index (χ4n) is 4.00. The van der Waals surface area contributed by atoms with Crippen molar-refractivity contribution < 1.29 is 5.11 Å². The minimum absolute atomic E-state index is 0.107. The van der Waals surface area contributed by atoms with Crippen molar-refractivity contribution in [1.29, 1.82) is 5.26 Å². The third-order valence-electron chi connectivity index (χ3n) is 5.67. The van der Waals surface area contributed by atoms with Crippen LogP contribution in [0.3, 0.4) is 0 Å². The van der Waals surface area contributed by atoms with E-state index in [-0.39, 0.29) is 6.10 Å². The highest BCUT2D eigenvalue weighted by Crippen LogP contribution is 2.49. The van der Waals surface area contributed by atoms with Gasteiger partial charge in [0, 0.05) is 13.1 Å². The highest BCUT2D eigenvalue weighted by molar-refractivity contribution is 5.64. The lowest BCUT2D eigenvalue weighted by molar-refractivity contribution is 0.175. The first kappa shape index (κ1) is 16.3. The predicted molar refractivity (Wildman–Crippen MR) is 99.1 cm³/mol. The first-order chi connectivity index (χ1) is 12.2. The number of rotatable bonds is 5. The van der Waals surface area contributed by atoms with Crippen LogP contribution in [0.4, 0.5) is 0 Å². The molecule has 0 spiro atoms. The van der Waals surface area contributed by atoms with Crippen LogP contribution in [0.15, 0.2) is 48.5 Å². The molecule has 2 aromatic carbocycles. The average molecular weight is 332 g/mol. The molecule has 0 radical (unpaired) electrons. The van der Waals surface area contributed by atoms with Gasteiger partial charge in [-0.25, -0.2) is 0 Å². The molecule has 1 saturated heterocycles. The topological polar surface area (TPSA) is 47.3 Å². The summed E-state index contributed by atoms with van der Waals surface area (Å²) in [6.07, 6.45) is 3.37. The molecule has 3 nitrogen and oxygen atoms in total. The third kappa shape index (κ3) is 3.76. The van der Waals surface area contributed by atoms with Gasteiger partial charge in [0.05, 0.1) is 17.7 Å². The summed E-state index contributed by atoms with van der Waals surface area (Å²) in [6.45, 7) is 3.04. The fraction of sp³-hybridized carbons (Fsp3) is 0.409.